The molecule has 142 valence electrons. The second kappa shape index (κ2) is 10.7. The third kappa shape index (κ3) is 7.66. The molecular weight excluding hydrogens is 336 g/mol. The fourth-order valence-electron chi connectivity index (χ4n) is 3.19. The number of halogens is 1. The highest BCUT2D eigenvalue weighted by atomic mass is 35.5. The number of rotatable bonds is 7. The zero-order valence-electron chi connectivity index (χ0n) is 15.9. The van der Waals surface area contributed by atoms with Crippen molar-refractivity contribution in [2.75, 3.05) is 6.54 Å². The predicted molar refractivity (Wildman–Crippen MR) is 106 cm³/mol. The maximum Gasteiger partial charge on any atom is 0.223 e. The summed E-state index contributed by atoms with van der Waals surface area (Å²) in [4.78, 5) is 12.4. The number of carbonyl (C=O) groups is 1. The van der Waals surface area contributed by atoms with Crippen LogP contribution in [-0.4, -0.2) is 30.6 Å². The molecule has 4 nitrogen and oxygen atoms in total. The molecule has 1 aliphatic rings. The third-order valence-corrected chi connectivity index (χ3v) is 4.54. The molecule has 5 heteroatoms. The highest BCUT2D eigenvalue weighted by Crippen LogP contribution is 2.17. The predicted octanol–water partition coefficient (Wildman–Crippen LogP) is 3.72. The number of ether oxygens (including phenoxy) is 1. The highest BCUT2D eigenvalue weighted by molar-refractivity contribution is 5.85. The van der Waals surface area contributed by atoms with Crippen LogP contribution in [0.25, 0.3) is 0 Å². The highest BCUT2D eigenvalue weighted by Gasteiger charge is 2.25. The van der Waals surface area contributed by atoms with Gasteiger partial charge in [0.15, 0.2) is 0 Å². The Morgan fingerprint density at radius 1 is 1.28 bits per heavy atom. The summed E-state index contributed by atoms with van der Waals surface area (Å²) in [7, 11) is 0. The second-order valence-electron chi connectivity index (χ2n) is 7.34. The Morgan fingerprint density at radius 3 is 2.56 bits per heavy atom. The molecule has 1 aromatic carbocycles. The molecule has 25 heavy (non-hydrogen) atoms. The van der Waals surface area contributed by atoms with E-state index in [1.807, 2.05) is 26.0 Å². The van der Waals surface area contributed by atoms with Crippen molar-refractivity contribution in [1.82, 2.24) is 10.6 Å². The van der Waals surface area contributed by atoms with Gasteiger partial charge in [-0.25, -0.2) is 0 Å². The van der Waals surface area contributed by atoms with Crippen LogP contribution in [0.15, 0.2) is 24.3 Å². The smallest absolute Gasteiger partial charge is 0.223 e. The first kappa shape index (κ1) is 21.8. The van der Waals surface area contributed by atoms with Gasteiger partial charge in [0.1, 0.15) is 5.75 Å². The van der Waals surface area contributed by atoms with E-state index in [4.69, 9.17) is 4.74 Å². The minimum absolute atomic E-state index is 0. The molecule has 1 amide bonds. The molecule has 1 fully saturated rings. The quantitative estimate of drug-likeness (QED) is 0.771. The van der Waals surface area contributed by atoms with Crippen molar-refractivity contribution in [3.8, 4) is 5.75 Å². The van der Waals surface area contributed by atoms with Gasteiger partial charge in [-0.15, -0.1) is 12.4 Å². The first-order chi connectivity index (χ1) is 11.4. The van der Waals surface area contributed by atoms with E-state index in [1.54, 1.807) is 0 Å². The van der Waals surface area contributed by atoms with Crippen LogP contribution in [0.4, 0.5) is 0 Å². The zero-order valence-corrected chi connectivity index (χ0v) is 16.7. The molecule has 0 aromatic heterocycles. The Morgan fingerprint density at radius 2 is 1.96 bits per heavy atom. The lowest BCUT2D eigenvalue weighted by Crippen LogP contribution is -2.44. The normalized spacial score (nSPS) is 21.3. The van der Waals surface area contributed by atoms with Gasteiger partial charge in [0, 0.05) is 18.0 Å². The Kier molecular flexibility index (Phi) is 9.30. The summed E-state index contributed by atoms with van der Waals surface area (Å²) in [5.74, 6) is 1.29. The van der Waals surface area contributed by atoms with E-state index < -0.39 is 0 Å². The molecule has 0 radical (unpaired) electrons. The fourth-order valence-corrected chi connectivity index (χ4v) is 3.19. The number of benzene rings is 1. The van der Waals surface area contributed by atoms with Gasteiger partial charge in [-0.1, -0.05) is 12.1 Å². The standard InChI is InChI=1S/C20H32N2O2.ClH/c1-14(2)24-19-9-7-17(8-10-19)6-5-15(3)22-20(23)18-11-12-21-16(4)13-18;/h7-10,14-16,18,21H,5-6,11-13H2,1-4H3,(H,22,23);1H/t15?,16-,18-;/m0./s1. The average Bonchev–Trinajstić information content (AvgIpc) is 2.53. The Labute approximate surface area is 158 Å². The molecule has 0 saturated carbocycles. The Bertz CT molecular complexity index is 519. The number of amides is 1. The van der Waals surface area contributed by atoms with E-state index in [2.05, 4.69) is 36.6 Å². The van der Waals surface area contributed by atoms with E-state index in [9.17, 15) is 4.79 Å². The molecule has 0 bridgehead atoms. The maximum atomic E-state index is 12.4. The number of aryl methyl sites for hydroxylation is 1. The van der Waals surface area contributed by atoms with Crippen molar-refractivity contribution in [1.29, 1.82) is 0 Å². The van der Waals surface area contributed by atoms with Crippen LogP contribution in [0.5, 0.6) is 5.75 Å². The van der Waals surface area contributed by atoms with Crippen LogP contribution < -0.4 is 15.4 Å². The Balaban J connectivity index is 0.00000312. The van der Waals surface area contributed by atoms with E-state index in [1.165, 1.54) is 5.56 Å². The molecular formula is C20H33ClN2O2. The minimum atomic E-state index is 0. The van der Waals surface area contributed by atoms with Gasteiger partial charge in [-0.05, 0) is 77.6 Å². The van der Waals surface area contributed by atoms with Gasteiger partial charge in [-0.3, -0.25) is 4.79 Å². The molecule has 2 N–H and O–H groups in total. The van der Waals surface area contributed by atoms with Crippen molar-refractivity contribution in [2.45, 2.75) is 71.6 Å². The van der Waals surface area contributed by atoms with Gasteiger partial charge in [0.05, 0.1) is 6.10 Å². The monoisotopic (exact) mass is 368 g/mol. The molecule has 1 heterocycles. The zero-order chi connectivity index (χ0) is 17.5. The van der Waals surface area contributed by atoms with Crippen LogP contribution in [0.2, 0.25) is 0 Å². The summed E-state index contributed by atoms with van der Waals surface area (Å²) in [5.41, 5.74) is 1.28. The summed E-state index contributed by atoms with van der Waals surface area (Å²) in [6.07, 6.45) is 4.00. The van der Waals surface area contributed by atoms with Crippen molar-refractivity contribution < 1.29 is 9.53 Å². The largest absolute Gasteiger partial charge is 0.491 e. The van der Waals surface area contributed by atoms with E-state index >= 15 is 0 Å². The molecule has 1 unspecified atom stereocenters. The second-order valence-corrected chi connectivity index (χ2v) is 7.34. The number of nitrogens with one attached hydrogen (secondary N) is 2. The van der Waals surface area contributed by atoms with Crippen LogP contribution in [0, 0.1) is 5.92 Å². The van der Waals surface area contributed by atoms with Gasteiger partial charge < -0.3 is 15.4 Å². The van der Waals surface area contributed by atoms with E-state index in [0.29, 0.717) is 6.04 Å². The summed E-state index contributed by atoms with van der Waals surface area (Å²) >= 11 is 0. The van der Waals surface area contributed by atoms with Crippen molar-refractivity contribution in [3.63, 3.8) is 0 Å². The van der Waals surface area contributed by atoms with E-state index in [0.717, 1.165) is 38.0 Å². The van der Waals surface area contributed by atoms with Crippen molar-refractivity contribution in [2.24, 2.45) is 5.92 Å². The molecule has 2 rings (SSSR count). The molecule has 1 aliphatic heterocycles. The third-order valence-electron chi connectivity index (χ3n) is 4.54. The van der Waals surface area contributed by atoms with Crippen LogP contribution in [-0.2, 0) is 11.2 Å². The van der Waals surface area contributed by atoms with E-state index in [-0.39, 0.29) is 36.4 Å². The van der Waals surface area contributed by atoms with Gasteiger partial charge in [0.25, 0.3) is 0 Å². The summed E-state index contributed by atoms with van der Waals surface area (Å²) < 4.78 is 5.66. The summed E-state index contributed by atoms with van der Waals surface area (Å²) in [6.45, 7) is 9.25. The molecule has 0 spiro atoms. The Hall–Kier alpha value is -1.26. The lowest BCUT2D eigenvalue weighted by molar-refractivity contribution is -0.126. The van der Waals surface area contributed by atoms with Crippen LogP contribution in [0.1, 0.15) is 52.5 Å². The van der Waals surface area contributed by atoms with Crippen LogP contribution in [0.3, 0.4) is 0 Å². The first-order valence-corrected chi connectivity index (χ1v) is 9.23. The number of hydrogen-bond acceptors (Lipinski definition) is 3. The molecule has 1 aromatic rings. The molecule has 1 saturated heterocycles. The van der Waals surface area contributed by atoms with Gasteiger partial charge in [-0.2, -0.15) is 0 Å². The maximum absolute atomic E-state index is 12.4. The molecule has 0 aliphatic carbocycles. The topological polar surface area (TPSA) is 50.4 Å². The lowest BCUT2D eigenvalue weighted by Gasteiger charge is -2.28. The number of piperidine rings is 1. The number of carbonyl (C=O) groups excluding carboxylic acids is 1. The number of hydrogen-bond donors (Lipinski definition) is 2. The minimum Gasteiger partial charge on any atom is -0.491 e. The summed E-state index contributed by atoms with van der Waals surface area (Å²) in [5, 5.41) is 6.58. The average molecular weight is 369 g/mol. The van der Waals surface area contributed by atoms with Crippen LogP contribution >= 0.6 is 12.4 Å². The van der Waals surface area contributed by atoms with Gasteiger partial charge >= 0.3 is 0 Å². The summed E-state index contributed by atoms with van der Waals surface area (Å²) in [6, 6.07) is 8.91. The first-order valence-electron chi connectivity index (χ1n) is 9.23. The fraction of sp³-hybridized carbons (Fsp3) is 0.650. The lowest BCUT2D eigenvalue weighted by atomic mass is 9.92. The molecule has 3 atom stereocenters. The van der Waals surface area contributed by atoms with Crippen molar-refractivity contribution >= 4 is 18.3 Å². The van der Waals surface area contributed by atoms with Gasteiger partial charge in [0.2, 0.25) is 5.91 Å². The van der Waals surface area contributed by atoms with Crippen molar-refractivity contribution in [3.05, 3.63) is 29.8 Å². The SMILES string of the molecule is CC(CCc1ccc(OC(C)C)cc1)NC(=O)[C@H]1CCN[C@@H](C)C1.Cl.